The first kappa shape index (κ1) is 10.2. The molecule has 0 aliphatic carbocycles. The molecule has 5 heteroatoms. The van der Waals surface area contributed by atoms with E-state index in [1.165, 1.54) is 6.20 Å². The minimum Gasteiger partial charge on any atom is -0.386 e. The third-order valence-corrected chi connectivity index (χ3v) is 2.98. The lowest BCUT2D eigenvalue weighted by Gasteiger charge is -2.46. The molecule has 1 aromatic heterocycles. The van der Waals surface area contributed by atoms with E-state index in [1.807, 2.05) is 13.8 Å². The summed E-state index contributed by atoms with van der Waals surface area (Å²) in [5, 5.41) is 16.3. The van der Waals surface area contributed by atoms with Gasteiger partial charge in [-0.3, -0.25) is 9.89 Å². The van der Waals surface area contributed by atoms with E-state index in [0.29, 0.717) is 25.1 Å². The summed E-state index contributed by atoms with van der Waals surface area (Å²) in [6.45, 7) is 4.58. The SMILES string of the molecule is CCC1(O)CN(C(=O)c2cn[nH]c2C)C1. The van der Waals surface area contributed by atoms with Crippen LogP contribution in [-0.4, -0.2) is 44.8 Å². The van der Waals surface area contributed by atoms with Gasteiger partial charge in [-0.25, -0.2) is 0 Å². The standard InChI is InChI=1S/C10H15N3O2/c1-3-10(15)5-13(6-10)9(14)8-4-11-12-7(8)2/h4,15H,3,5-6H2,1-2H3,(H,11,12). The van der Waals surface area contributed by atoms with Gasteiger partial charge in [0.1, 0.15) is 0 Å². The average molecular weight is 209 g/mol. The van der Waals surface area contributed by atoms with Gasteiger partial charge >= 0.3 is 0 Å². The first-order valence-electron chi connectivity index (χ1n) is 5.07. The highest BCUT2D eigenvalue weighted by Crippen LogP contribution is 2.25. The third kappa shape index (κ3) is 1.63. The summed E-state index contributed by atoms with van der Waals surface area (Å²) in [5.74, 6) is -0.0561. The maximum Gasteiger partial charge on any atom is 0.257 e. The average Bonchev–Trinajstić information content (AvgIpc) is 2.58. The fourth-order valence-electron chi connectivity index (χ4n) is 1.77. The number of nitrogens with zero attached hydrogens (tertiary/aromatic N) is 2. The van der Waals surface area contributed by atoms with Gasteiger partial charge in [-0.2, -0.15) is 5.10 Å². The van der Waals surface area contributed by atoms with E-state index in [-0.39, 0.29) is 5.91 Å². The number of hydrogen-bond donors (Lipinski definition) is 2. The summed E-state index contributed by atoms with van der Waals surface area (Å²) >= 11 is 0. The molecule has 0 spiro atoms. The molecule has 2 rings (SSSR count). The molecular formula is C10H15N3O2. The molecule has 1 fully saturated rings. The van der Waals surface area contributed by atoms with E-state index >= 15 is 0 Å². The van der Waals surface area contributed by atoms with Gasteiger partial charge < -0.3 is 10.0 Å². The van der Waals surface area contributed by atoms with Crippen LogP contribution in [0.25, 0.3) is 0 Å². The zero-order valence-corrected chi connectivity index (χ0v) is 8.95. The molecule has 1 saturated heterocycles. The summed E-state index contributed by atoms with van der Waals surface area (Å²) in [5.41, 5.74) is 0.688. The van der Waals surface area contributed by atoms with Crippen molar-refractivity contribution >= 4 is 5.91 Å². The monoisotopic (exact) mass is 209 g/mol. The van der Waals surface area contributed by atoms with Gasteiger partial charge in [-0.15, -0.1) is 0 Å². The maximum atomic E-state index is 11.9. The number of carbonyl (C=O) groups excluding carboxylic acids is 1. The van der Waals surface area contributed by atoms with Crippen LogP contribution in [0, 0.1) is 6.92 Å². The van der Waals surface area contributed by atoms with Gasteiger partial charge in [0.15, 0.2) is 0 Å². The molecule has 1 aliphatic heterocycles. The summed E-state index contributed by atoms with van der Waals surface area (Å²) in [7, 11) is 0. The van der Waals surface area contributed by atoms with E-state index in [1.54, 1.807) is 4.90 Å². The van der Waals surface area contributed by atoms with Crippen LogP contribution in [-0.2, 0) is 0 Å². The number of H-pyrrole nitrogens is 1. The zero-order valence-electron chi connectivity index (χ0n) is 8.95. The topological polar surface area (TPSA) is 69.2 Å². The Kier molecular flexibility index (Phi) is 2.26. The summed E-state index contributed by atoms with van der Waals surface area (Å²) in [4.78, 5) is 13.5. The van der Waals surface area contributed by atoms with E-state index < -0.39 is 5.60 Å². The van der Waals surface area contributed by atoms with Gasteiger partial charge in [0.2, 0.25) is 0 Å². The van der Waals surface area contributed by atoms with Crippen LogP contribution in [0.5, 0.6) is 0 Å². The second-order valence-corrected chi connectivity index (χ2v) is 4.15. The van der Waals surface area contributed by atoms with Crippen LogP contribution >= 0.6 is 0 Å². The lowest BCUT2D eigenvalue weighted by atomic mass is 9.91. The summed E-state index contributed by atoms with van der Waals surface area (Å²) < 4.78 is 0. The second-order valence-electron chi connectivity index (χ2n) is 4.15. The third-order valence-electron chi connectivity index (χ3n) is 2.98. The minimum absolute atomic E-state index is 0.0561. The van der Waals surface area contributed by atoms with Gasteiger partial charge in [-0.1, -0.05) is 6.92 Å². The van der Waals surface area contributed by atoms with E-state index in [4.69, 9.17) is 0 Å². The molecular weight excluding hydrogens is 194 g/mol. The molecule has 5 nitrogen and oxygen atoms in total. The van der Waals surface area contributed by atoms with Crippen LogP contribution in [0.3, 0.4) is 0 Å². The van der Waals surface area contributed by atoms with E-state index in [2.05, 4.69) is 10.2 Å². The number of rotatable bonds is 2. The Labute approximate surface area is 88.1 Å². The molecule has 0 atom stereocenters. The highest BCUT2D eigenvalue weighted by molar-refractivity contribution is 5.95. The minimum atomic E-state index is -0.673. The molecule has 2 heterocycles. The maximum absolute atomic E-state index is 11.9. The number of likely N-dealkylation sites (tertiary alicyclic amines) is 1. The smallest absolute Gasteiger partial charge is 0.257 e. The Morgan fingerprint density at radius 2 is 2.40 bits per heavy atom. The Morgan fingerprint density at radius 1 is 1.73 bits per heavy atom. The zero-order chi connectivity index (χ0) is 11.1. The Morgan fingerprint density at radius 3 is 2.87 bits per heavy atom. The van der Waals surface area contributed by atoms with Crippen LogP contribution in [0.2, 0.25) is 0 Å². The molecule has 1 amide bonds. The Bertz CT molecular complexity index is 380. The van der Waals surface area contributed by atoms with Crippen LogP contribution in [0.4, 0.5) is 0 Å². The van der Waals surface area contributed by atoms with Gasteiger partial charge in [-0.05, 0) is 13.3 Å². The van der Waals surface area contributed by atoms with Crippen molar-refractivity contribution in [3.63, 3.8) is 0 Å². The van der Waals surface area contributed by atoms with Crippen molar-refractivity contribution in [1.82, 2.24) is 15.1 Å². The molecule has 0 radical (unpaired) electrons. The van der Waals surface area contributed by atoms with Crippen molar-refractivity contribution < 1.29 is 9.90 Å². The fourth-order valence-corrected chi connectivity index (χ4v) is 1.77. The van der Waals surface area contributed by atoms with E-state index in [0.717, 1.165) is 5.69 Å². The number of aromatic nitrogens is 2. The summed E-state index contributed by atoms with van der Waals surface area (Å²) in [6.07, 6.45) is 2.21. The predicted octanol–water partition coefficient (Wildman–Crippen LogP) is 0.315. The molecule has 15 heavy (non-hydrogen) atoms. The first-order chi connectivity index (χ1) is 7.06. The second kappa shape index (κ2) is 3.34. The fraction of sp³-hybridized carbons (Fsp3) is 0.600. The largest absolute Gasteiger partial charge is 0.386 e. The van der Waals surface area contributed by atoms with Gasteiger partial charge in [0, 0.05) is 5.69 Å². The normalized spacial score (nSPS) is 18.7. The highest BCUT2D eigenvalue weighted by atomic mass is 16.3. The number of β-amino-alcohol motifs (C(OH)–C–C–N with tert-alkyl or cyclic N) is 1. The quantitative estimate of drug-likeness (QED) is 0.736. The number of aryl methyl sites for hydroxylation is 1. The Balaban J connectivity index is 2.04. The predicted molar refractivity (Wildman–Crippen MR) is 54.5 cm³/mol. The number of aliphatic hydroxyl groups is 1. The molecule has 82 valence electrons. The van der Waals surface area contributed by atoms with Crippen molar-refractivity contribution in [1.29, 1.82) is 0 Å². The molecule has 0 aromatic carbocycles. The van der Waals surface area contributed by atoms with E-state index in [9.17, 15) is 9.90 Å². The van der Waals surface area contributed by atoms with Gasteiger partial charge in [0.05, 0.1) is 30.5 Å². The lowest BCUT2D eigenvalue weighted by Crippen LogP contribution is -2.63. The molecule has 0 unspecified atom stereocenters. The molecule has 1 aromatic rings. The van der Waals surface area contributed by atoms with Crippen molar-refractivity contribution in [3.05, 3.63) is 17.5 Å². The van der Waals surface area contributed by atoms with Crippen LogP contribution in [0.15, 0.2) is 6.20 Å². The van der Waals surface area contributed by atoms with Gasteiger partial charge in [0.25, 0.3) is 5.91 Å². The lowest BCUT2D eigenvalue weighted by molar-refractivity contribution is -0.0826. The van der Waals surface area contributed by atoms with Crippen molar-refractivity contribution in [3.8, 4) is 0 Å². The number of amides is 1. The molecule has 2 N–H and O–H groups in total. The number of aromatic amines is 1. The molecule has 1 aliphatic rings. The molecule has 0 bridgehead atoms. The molecule has 0 saturated carbocycles. The van der Waals surface area contributed by atoms with Crippen LogP contribution < -0.4 is 0 Å². The van der Waals surface area contributed by atoms with Crippen LogP contribution in [0.1, 0.15) is 29.4 Å². The van der Waals surface area contributed by atoms with Crippen molar-refractivity contribution in [2.45, 2.75) is 25.9 Å². The Hall–Kier alpha value is -1.36. The highest BCUT2D eigenvalue weighted by Gasteiger charge is 2.42. The van der Waals surface area contributed by atoms with Crippen molar-refractivity contribution in [2.24, 2.45) is 0 Å². The summed E-state index contributed by atoms with van der Waals surface area (Å²) in [6, 6.07) is 0. The van der Waals surface area contributed by atoms with Crippen molar-refractivity contribution in [2.75, 3.05) is 13.1 Å². The number of hydrogen-bond acceptors (Lipinski definition) is 3. The first-order valence-corrected chi connectivity index (χ1v) is 5.07. The number of nitrogens with one attached hydrogen (secondary N) is 1. The number of carbonyl (C=O) groups is 1.